The molecule has 0 saturated carbocycles. The van der Waals surface area contributed by atoms with Gasteiger partial charge < -0.3 is 10.6 Å². The predicted molar refractivity (Wildman–Crippen MR) is 116 cm³/mol. The molecule has 0 saturated heterocycles. The molecular weight excluding hydrogens is 368 g/mol. The number of carbonyl (C=O) groups is 2. The molecule has 0 aliphatic rings. The maximum absolute atomic E-state index is 12.3. The minimum atomic E-state index is -0.141. The Morgan fingerprint density at radius 1 is 0.714 bits per heavy atom. The predicted octanol–water partition coefficient (Wildman–Crippen LogP) is 5.29. The van der Waals surface area contributed by atoms with Gasteiger partial charge in [-0.15, -0.1) is 11.8 Å². The van der Waals surface area contributed by atoms with Gasteiger partial charge in [-0.25, -0.2) is 0 Å². The summed E-state index contributed by atoms with van der Waals surface area (Å²) in [6.45, 7) is 3.99. The molecule has 0 unspecified atom stereocenters. The van der Waals surface area contributed by atoms with Crippen LogP contribution in [0.1, 0.15) is 21.5 Å². The van der Waals surface area contributed by atoms with Crippen LogP contribution in [0.2, 0.25) is 0 Å². The first-order chi connectivity index (χ1) is 13.5. The molecule has 0 fully saturated rings. The highest BCUT2D eigenvalue weighted by Gasteiger charge is 2.07. The molecule has 3 aromatic carbocycles. The first-order valence-electron chi connectivity index (χ1n) is 8.97. The maximum atomic E-state index is 12.3. The fourth-order valence-electron chi connectivity index (χ4n) is 2.53. The van der Waals surface area contributed by atoms with Crippen molar-refractivity contribution < 1.29 is 9.59 Å². The lowest BCUT2D eigenvalue weighted by Gasteiger charge is -2.08. The summed E-state index contributed by atoms with van der Waals surface area (Å²) in [5.74, 6) is 0.131. The average Bonchev–Trinajstić information content (AvgIpc) is 2.70. The van der Waals surface area contributed by atoms with E-state index in [4.69, 9.17) is 0 Å². The topological polar surface area (TPSA) is 58.2 Å². The Bertz CT molecular complexity index is 949. The van der Waals surface area contributed by atoms with Crippen LogP contribution in [-0.4, -0.2) is 17.6 Å². The minimum Gasteiger partial charge on any atom is -0.325 e. The molecule has 2 N–H and O–H groups in total. The smallest absolute Gasteiger partial charge is 0.255 e. The average molecular weight is 391 g/mol. The number of nitrogens with one attached hydrogen (secondary N) is 2. The van der Waals surface area contributed by atoms with Crippen LogP contribution in [-0.2, 0) is 4.79 Å². The molecule has 0 heterocycles. The van der Waals surface area contributed by atoms with E-state index in [1.807, 2.05) is 86.6 Å². The van der Waals surface area contributed by atoms with E-state index in [2.05, 4.69) is 10.6 Å². The Morgan fingerprint density at radius 3 is 1.82 bits per heavy atom. The summed E-state index contributed by atoms with van der Waals surface area (Å²) >= 11 is 1.45. The largest absolute Gasteiger partial charge is 0.325 e. The van der Waals surface area contributed by atoms with Crippen LogP contribution in [0.4, 0.5) is 11.4 Å². The molecule has 4 nitrogen and oxygen atoms in total. The van der Waals surface area contributed by atoms with Gasteiger partial charge >= 0.3 is 0 Å². The quantitative estimate of drug-likeness (QED) is 0.563. The third kappa shape index (κ3) is 5.72. The highest BCUT2D eigenvalue weighted by molar-refractivity contribution is 8.00. The van der Waals surface area contributed by atoms with E-state index in [0.717, 1.165) is 27.4 Å². The monoisotopic (exact) mass is 390 g/mol. The Balaban J connectivity index is 1.49. The summed E-state index contributed by atoms with van der Waals surface area (Å²) in [6, 6.07) is 22.6. The molecule has 28 heavy (non-hydrogen) atoms. The molecule has 0 atom stereocenters. The Morgan fingerprint density at radius 2 is 1.21 bits per heavy atom. The van der Waals surface area contributed by atoms with Gasteiger partial charge in [0.15, 0.2) is 0 Å². The van der Waals surface area contributed by atoms with Crippen molar-refractivity contribution in [2.45, 2.75) is 18.7 Å². The zero-order chi connectivity index (χ0) is 19.9. The van der Waals surface area contributed by atoms with Gasteiger partial charge in [0.2, 0.25) is 5.91 Å². The fraction of sp³-hybridized carbons (Fsp3) is 0.130. The molecule has 142 valence electrons. The Hall–Kier alpha value is -3.05. The van der Waals surface area contributed by atoms with Gasteiger partial charge in [0.25, 0.3) is 5.91 Å². The maximum Gasteiger partial charge on any atom is 0.255 e. The highest BCUT2D eigenvalue weighted by Crippen LogP contribution is 2.21. The molecule has 5 heteroatoms. The Labute approximate surface area is 169 Å². The zero-order valence-electron chi connectivity index (χ0n) is 15.9. The SMILES string of the molecule is Cc1ccc(NC(=O)CSc2ccc(NC(=O)c3ccc(C)cc3)cc2)cc1. The van der Waals surface area contributed by atoms with Gasteiger partial charge in [-0.3, -0.25) is 9.59 Å². The van der Waals surface area contributed by atoms with Gasteiger partial charge in [-0.2, -0.15) is 0 Å². The molecule has 2 amide bonds. The fourth-order valence-corrected chi connectivity index (χ4v) is 3.22. The second kappa shape index (κ2) is 9.24. The molecule has 0 radical (unpaired) electrons. The molecule has 0 bridgehead atoms. The number of anilines is 2. The number of hydrogen-bond acceptors (Lipinski definition) is 3. The van der Waals surface area contributed by atoms with Crippen molar-refractivity contribution in [2.75, 3.05) is 16.4 Å². The standard InChI is InChI=1S/C23H22N2O2S/c1-16-3-7-18(8-4-16)23(27)25-20-11-13-21(14-12-20)28-15-22(26)24-19-9-5-17(2)6-10-19/h3-14H,15H2,1-2H3,(H,24,26)(H,25,27). The van der Waals surface area contributed by atoms with Crippen LogP contribution in [0.15, 0.2) is 77.7 Å². The highest BCUT2D eigenvalue weighted by atomic mass is 32.2. The van der Waals surface area contributed by atoms with E-state index in [9.17, 15) is 9.59 Å². The summed E-state index contributed by atoms with van der Waals surface area (Å²) in [5, 5.41) is 5.76. The van der Waals surface area contributed by atoms with Crippen LogP contribution >= 0.6 is 11.8 Å². The van der Waals surface area contributed by atoms with Gasteiger partial charge in [-0.05, 0) is 62.4 Å². The molecule has 3 rings (SSSR count). The third-order valence-electron chi connectivity index (χ3n) is 4.13. The molecule has 0 aliphatic carbocycles. The molecule has 0 aliphatic heterocycles. The van der Waals surface area contributed by atoms with Crippen LogP contribution in [0.25, 0.3) is 0 Å². The zero-order valence-corrected chi connectivity index (χ0v) is 16.7. The molecular formula is C23H22N2O2S. The summed E-state index contributed by atoms with van der Waals surface area (Å²) in [5.41, 5.74) is 4.41. The van der Waals surface area contributed by atoms with Crippen molar-refractivity contribution in [1.29, 1.82) is 0 Å². The second-order valence-corrected chi connectivity index (χ2v) is 7.60. The van der Waals surface area contributed by atoms with Crippen molar-refractivity contribution >= 4 is 35.0 Å². The normalized spacial score (nSPS) is 10.4. The van der Waals surface area contributed by atoms with Crippen molar-refractivity contribution in [3.63, 3.8) is 0 Å². The summed E-state index contributed by atoms with van der Waals surface area (Å²) in [6.07, 6.45) is 0. The third-order valence-corrected chi connectivity index (χ3v) is 5.14. The van der Waals surface area contributed by atoms with Gasteiger partial charge in [-0.1, -0.05) is 35.4 Å². The van der Waals surface area contributed by atoms with Crippen LogP contribution in [0.5, 0.6) is 0 Å². The number of carbonyl (C=O) groups excluding carboxylic acids is 2. The Kier molecular flexibility index (Phi) is 6.50. The van der Waals surface area contributed by atoms with E-state index in [1.165, 1.54) is 11.8 Å². The van der Waals surface area contributed by atoms with E-state index in [0.29, 0.717) is 11.3 Å². The molecule has 3 aromatic rings. The number of benzene rings is 3. The van der Waals surface area contributed by atoms with Gasteiger partial charge in [0, 0.05) is 21.8 Å². The number of amides is 2. The first kappa shape index (κ1) is 19.7. The summed E-state index contributed by atoms with van der Waals surface area (Å²) in [7, 11) is 0. The number of rotatable bonds is 6. The van der Waals surface area contributed by atoms with Crippen molar-refractivity contribution in [1.82, 2.24) is 0 Å². The van der Waals surface area contributed by atoms with Crippen LogP contribution < -0.4 is 10.6 Å². The molecule has 0 spiro atoms. The summed E-state index contributed by atoms with van der Waals surface area (Å²) in [4.78, 5) is 25.3. The van der Waals surface area contributed by atoms with E-state index < -0.39 is 0 Å². The lowest BCUT2D eigenvalue weighted by molar-refractivity contribution is -0.113. The van der Waals surface area contributed by atoms with Crippen molar-refractivity contribution in [2.24, 2.45) is 0 Å². The molecule has 0 aromatic heterocycles. The lowest BCUT2D eigenvalue weighted by atomic mass is 10.1. The lowest BCUT2D eigenvalue weighted by Crippen LogP contribution is -2.14. The van der Waals surface area contributed by atoms with Gasteiger partial charge in [0.05, 0.1) is 5.75 Å². The number of aryl methyl sites for hydroxylation is 2. The summed E-state index contributed by atoms with van der Waals surface area (Å²) < 4.78 is 0. The van der Waals surface area contributed by atoms with Crippen molar-refractivity contribution in [3.05, 3.63) is 89.5 Å². The van der Waals surface area contributed by atoms with Crippen molar-refractivity contribution in [3.8, 4) is 0 Å². The van der Waals surface area contributed by atoms with E-state index >= 15 is 0 Å². The van der Waals surface area contributed by atoms with Crippen LogP contribution in [0, 0.1) is 13.8 Å². The number of hydrogen-bond donors (Lipinski definition) is 2. The van der Waals surface area contributed by atoms with Gasteiger partial charge in [0.1, 0.15) is 0 Å². The number of thioether (sulfide) groups is 1. The van der Waals surface area contributed by atoms with E-state index in [-0.39, 0.29) is 11.8 Å². The van der Waals surface area contributed by atoms with E-state index in [1.54, 1.807) is 0 Å². The van der Waals surface area contributed by atoms with Crippen LogP contribution in [0.3, 0.4) is 0 Å². The first-order valence-corrected chi connectivity index (χ1v) is 9.95. The minimum absolute atomic E-state index is 0.0504. The second-order valence-electron chi connectivity index (χ2n) is 6.55.